The van der Waals surface area contributed by atoms with Crippen molar-refractivity contribution in [1.82, 2.24) is 15.0 Å². The van der Waals surface area contributed by atoms with Crippen LogP contribution < -0.4 is 0 Å². The molecule has 0 saturated carbocycles. The van der Waals surface area contributed by atoms with Gasteiger partial charge in [-0.05, 0) is 25.8 Å². The first-order chi connectivity index (χ1) is 7.78. The number of aromatic nitrogens is 2. The summed E-state index contributed by atoms with van der Waals surface area (Å²) in [6.45, 7) is 4.50. The Kier molecular flexibility index (Phi) is 3.90. The SMILES string of the molecule is CCCc1nc(CN2CCCC(O)C2)no1. The molecule has 5 nitrogen and oxygen atoms in total. The minimum absolute atomic E-state index is 0.198. The highest BCUT2D eigenvalue weighted by Crippen LogP contribution is 2.12. The molecule has 0 aromatic carbocycles. The third-order valence-electron chi connectivity index (χ3n) is 2.82. The van der Waals surface area contributed by atoms with Gasteiger partial charge in [0.1, 0.15) is 0 Å². The van der Waals surface area contributed by atoms with E-state index in [2.05, 4.69) is 22.0 Å². The van der Waals surface area contributed by atoms with Crippen molar-refractivity contribution in [2.45, 2.75) is 45.3 Å². The molecule has 1 saturated heterocycles. The number of hydrogen-bond donors (Lipinski definition) is 1. The van der Waals surface area contributed by atoms with Crippen LogP contribution in [0.25, 0.3) is 0 Å². The van der Waals surface area contributed by atoms with Gasteiger partial charge in [0.05, 0.1) is 12.6 Å². The van der Waals surface area contributed by atoms with E-state index in [1.54, 1.807) is 0 Å². The molecule has 1 unspecified atom stereocenters. The Labute approximate surface area is 95.4 Å². The first kappa shape index (κ1) is 11.5. The van der Waals surface area contributed by atoms with Crippen molar-refractivity contribution in [1.29, 1.82) is 0 Å². The molecule has 0 spiro atoms. The molecule has 0 bridgehead atoms. The predicted octanol–water partition coefficient (Wildman–Crippen LogP) is 0.979. The van der Waals surface area contributed by atoms with Crippen LogP contribution >= 0.6 is 0 Å². The molecule has 1 aliphatic heterocycles. The van der Waals surface area contributed by atoms with E-state index in [4.69, 9.17) is 4.52 Å². The van der Waals surface area contributed by atoms with Crippen LogP contribution in [0.5, 0.6) is 0 Å². The Balaban J connectivity index is 1.87. The van der Waals surface area contributed by atoms with Crippen LogP contribution in [-0.4, -0.2) is 39.3 Å². The Morgan fingerprint density at radius 1 is 1.56 bits per heavy atom. The molecule has 0 aliphatic carbocycles. The first-order valence-corrected chi connectivity index (χ1v) is 6.00. The van der Waals surface area contributed by atoms with Crippen molar-refractivity contribution in [2.24, 2.45) is 0 Å². The molecule has 5 heteroatoms. The lowest BCUT2D eigenvalue weighted by Gasteiger charge is -2.28. The van der Waals surface area contributed by atoms with Gasteiger partial charge in [-0.2, -0.15) is 4.98 Å². The maximum atomic E-state index is 9.54. The number of nitrogens with zero attached hydrogens (tertiary/aromatic N) is 3. The molecule has 1 aromatic heterocycles. The summed E-state index contributed by atoms with van der Waals surface area (Å²) in [5.41, 5.74) is 0. The van der Waals surface area contributed by atoms with Crippen molar-refractivity contribution in [3.05, 3.63) is 11.7 Å². The van der Waals surface area contributed by atoms with Crippen molar-refractivity contribution >= 4 is 0 Å². The zero-order chi connectivity index (χ0) is 11.4. The molecule has 2 rings (SSSR count). The largest absolute Gasteiger partial charge is 0.392 e. The van der Waals surface area contributed by atoms with Gasteiger partial charge in [0.25, 0.3) is 0 Å². The van der Waals surface area contributed by atoms with E-state index in [1.165, 1.54) is 0 Å². The average Bonchev–Trinajstić information content (AvgIpc) is 2.66. The highest BCUT2D eigenvalue weighted by molar-refractivity contribution is 4.87. The van der Waals surface area contributed by atoms with Crippen molar-refractivity contribution in [2.75, 3.05) is 13.1 Å². The van der Waals surface area contributed by atoms with Gasteiger partial charge in [-0.15, -0.1) is 0 Å². The van der Waals surface area contributed by atoms with Gasteiger partial charge in [0.2, 0.25) is 5.89 Å². The quantitative estimate of drug-likeness (QED) is 0.827. The molecule has 1 aliphatic rings. The van der Waals surface area contributed by atoms with Gasteiger partial charge in [-0.1, -0.05) is 12.1 Å². The predicted molar refractivity (Wildman–Crippen MR) is 58.8 cm³/mol. The number of aliphatic hydroxyl groups excluding tert-OH is 1. The van der Waals surface area contributed by atoms with Gasteiger partial charge in [0, 0.05) is 13.0 Å². The molecule has 16 heavy (non-hydrogen) atoms. The van der Waals surface area contributed by atoms with Gasteiger partial charge < -0.3 is 9.63 Å². The van der Waals surface area contributed by atoms with Crippen LogP contribution in [0.2, 0.25) is 0 Å². The van der Waals surface area contributed by atoms with E-state index in [-0.39, 0.29) is 6.10 Å². The summed E-state index contributed by atoms with van der Waals surface area (Å²) in [5, 5.41) is 13.5. The average molecular weight is 225 g/mol. The monoisotopic (exact) mass is 225 g/mol. The fraction of sp³-hybridized carbons (Fsp3) is 0.818. The summed E-state index contributed by atoms with van der Waals surface area (Å²) in [5.74, 6) is 1.45. The molecule has 1 fully saturated rings. The maximum absolute atomic E-state index is 9.54. The Bertz CT molecular complexity index is 327. The molecule has 2 heterocycles. The molecule has 0 radical (unpaired) electrons. The van der Waals surface area contributed by atoms with Crippen LogP contribution in [0.15, 0.2) is 4.52 Å². The second-order valence-corrected chi connectivity index (χ2v) is 4.39. The smallest absolute Gasteiger partial charge is 0.226 e. The standard InChI is InChI=1S/C11H19N3O2/c1-2-4-11-12-10(13-16-11)8-14-6-3-5-9(15)7-14/h9,15H,2-8H2,1H3. The van der Waals surface area contributed by atoms with Crippen molar-refractivity contribution in [3.63, 3.8) is 0 Å². The van der Waals surface area contributed by atoms with E-state index in [9.17, 15) is 5.11 Å². The lowest BCUT2D eigenvalue weighted by atomic mass is 10.1. The molecule has 1 N–H and O–H groups in total. The summed E-state index contributed by atoms with van der Waals surface area (Å²) in [4.78, 5) is 6.49. The van der Waals surface area contributed by atoms with Crippen molar-refractivity contribution < 1.29 is 9.63 Å². The maximum Gasteiger partial charge on any atom is 0.226 e. The third kappa shape index (κ3) is 3.02. The minimum atomic E-state index is -0.198. The summed E-state index contributed by atoms with van der Waals surface area (Å²) >= 11 is 0. The van der Waals surface area contributed by atoms with Crippen molar-refractivity contribution in [3.8, 4) is 0 Å². The number of aliphatic hydroxyl groups is 1. The second kappa shape index (κ2) is 5.41. The number of aryl methyl sites for hydroxylation is 1. The number of rotatable bonds is 4. The fourth-order valence-corrected chi connectivity index (χ4v) is 2.04. The van der Waals surface area contributed by atoms with Crippen LogP contribution in [0.4, 0.5) is 0 Å². The highest BCUT2D eigenvalue weighted by atomic mass is 16.5. The van der Waals surface area contributed by atoms with Crippen LogP contribution in [0.1, 0.15) is 37.9 Å². The molecular formula is C11H19N3O2. The summed E-state index contributed by atoms with van der Waals surface area (Å²) < 4.78 is 5.12. The Hall–Kier alpha value is -0.940. The van der Waals surface area contributed by atoms with Gasteiger partial charge in [-0.25, -0.2) is 0 Å². The van der Waals surface area contributed by atoms with Gasteiger partial charge in [-0.3, -0.25) is 4.90 Å². The fourth-order valence-electron chi connectivity index (χ4n) is 2.04. The van der Waals surface area contributed by atoms with Crippen LogP contribution in [0.3, 0.4) is 0 Å². The summed E-state index contributed by atoms with van der Waals surface area (Å²) in [6, 6.07) is 0. The topological polar surface area (TPSA) is 62.4 Å². The number of β-amino-alcohol motifs (C(OH)–C–C–N with tert-alkyl or cyclic N) is 1. The van der Waals surface area contributed by atoms with Crippen LogP contribution in [0, 0.1) is 0 Å². The van der Waals surface area contributed by atoms with E-state index in [1.807, 2.05) is 0 Å². The van der Waals surface area contributed by atoms with E-state index >= 15 is 0 Å². The lowest BCUT2D eigenvalue weighted by Crippen LogP contribution is -2.37. The van der Waals surface area contributed by atoms with Gasteiger partial charge >= 0.3 is 0 Å². The van der Waals surface area contributed by atoms with E-state index < -0.39 is 0 Å². The number of likely N-dealkylation sites (tertiary alicyclic amines) is 1. The Morgan fingerprint density at radius 2 is 2.44 bits per heavy atom. The Morgan fingerprint density at radius 3 is 3.19 bits per heavy atom. The zero-order valence-corrected chi connectivity index (χ0v) is 9.72. The normalized spacial score (nSPS) is 22.5. The lowest BCUT2D eigenvalue weighted by molar-refractivity contribution is 0.0651. The molecular weight excluding hydrogens is 206 g/mol. The number of piperidine rings is 1. The van der Waals surface area contributed by atoms with Crippen LogP contribution in [-0.2, 0) is 13.0 Å². The van der Waals surface area contributed by atoms with E-state index in [0.717, 1.165) is 50.5 Å². The zero-order valence-electron chi connectivity index (χ0n) is 9.72. The molecule has 90 valence electrons. The highest BCUT2D eigenvalue weighted by Gasteiger charge is 2.19. The summed E-state index contributed by atoms with van der Waals surface area (Å²) in [6.07, 6.45) is 3.61. The summed E-state index contributed by atoms with van der Waals surface area (Å²) in [7, 11) is 0. The molecule has 1 aromatic rings. The first-order valence-electron chi connectivity index (χ1n) is 6.00. The van der Waals surface area contributed by atoms with E-state index in [0.29, 0.717) is 6.54 Å². The van der Waals surface area contributed by atoms with Gasteiger partial charge in [0.15, 0.2) is 5.82 Å². The number of hydrogen-bond acceptors (Lipinski definition) is 5. The third-order valence-corrected chi connectivity index (χ3v) is 2.82. The molecule has 1 atom stereocenters. The second-order valence-electron chi connectivity index (χ2n) is 4.39. The minimum Gasteiger partial charge on any atom is -0.392 e. The molecule has 0 amide bonds.